The zero-order chi connectivity index (χ0) is 18.7. The summed E-state index contributed by atoms with van der Waals surface area (Å²) in [6.07, 6.45) is 9.26. The maximum absolute atomic E-state index is 12.4. The maximum Gasteiger partial charge on any atom is 0.341 e. The Morgan fingerprint density at radius 3 is 2.65 bits per heavy atom. The lowest BCUT2D eigenvalue weighted by Gasteiger charge is -2.29. The lowest BCUT2D eigenvalue weighted by atomic mass is 9.85. The number of rotatable bonds is 4. The molecule has 0 saturated heterocycles. The van der Waals surface area contributed by atoms with Crippen LogP contribution < -0.4 is 10.6 Å². The van der Waals surface area contributed by atoms with E-state index in [4.69, 9.17) is 17.0 Å². The molecule has 0 radical (unpaired) electrons. The number of hydrogen-bond acceptors (Lipinski definition) is 4. The van der Waals surface area contributed by atoms with Gasteiger partial charge in [-0.05, 0) is 74.6 Å². The van der Waals surface area contributed by atoms with E-state index < -0.39 is 0 Å². The molecule has 1 aromatic rings. The second kappa shape index (κ2) is 8.70. The van der Waals surface area contributed by atoms with Crippen molar-refractivity contribution in [2.24, 2.45) is 11.8 Å². The molecular weight excluding hydrogens is 364 g/mol. The van der Waals surface area contributed by atoms with Gasteiger partial charge in [0.15, 0.2) is 5.11 Å². The first-order valence-electron chi connectivity index (χ1n) is 9.82. The van der Waals surface area contributed by atoms with Crippen LogP contribution in [0.25, 0.3) is 0 Å². The highest BCUT2D eigenvalue weighted by Gasteiger charge is 2.29. The SMILES string of the molecule is CCC1CCC(NC(=S)Nc2sc3c(c2C(=O)OC)CCC(C)C3)CC1. The predicted octanol–water partition coefficient (Wildman–Crippen LogP) is 4.91. The van der Waals surface area contributed by atoms with Gasteiger partial charge in [0.2, 0.25) is 0 Å². The first kappa shape index (κ1) is 19.6. The Bertz CT molecular complexity index is 663. The molecule has 0 aliphatic heterocycles. The number of esters is 1. The molecule has 2 N–H and O–H groups in total. The number of thiophene rings is 1. The molecule has 1 aromatic heterocycles. The van der Waals surface area contributed by atoms with Gasteiger partial charge in [0.1, 0.15) is 5.00 Å². The Labute approximate surface area is 166 Å². The Kier molecular flexibility index (Phi) is 6.56. The fourth-order valence-electron chi connectivity index (χ4n) is 4.20. The van der Waals surface area contributed by atoms with Crippen LogP contribution in [0, 0.1) is 11.8 Å². The van der Waals surface area contributed by atoms with Crippen molar-refractivity contribution < 1.29 is 9.53 Å². The van der Waals surface area contributed by atoms with Crippen LogP contribution in [-0.4, -0.2) is 24.2 Å². The quantitative estimate of drug-likeness (QED) is 0.561. The third-order valence-corrected chi connectivity index (χ3v) is 7.28. The molecule has 0 spiro atoms. The second-order valence-electron chi connectivity index (χ2n) is 7.77. The average molecular weight is 395 g/mol. The van der Waals surface area contributed by atoms with Crippen molar-refractivity contribution in [3.8, 4) is 0 Å². The van der Waals surface area contributed by atoms with Crippen molar-refractivity contribution in [2.75, 3.05) is 12.4 Å². The van der Waals surface area contributed by atoms with E-state index in [2.05, 4.69) is 24.5 Å². The molecule has 0 amide bonds. The van der Waals surface area contributed by atoms with E-state index in [-0.39, 0.29) is 5.97 Å². The van der Waals surface area contributed by atoms with Gasteiger partial charge in [0.05, 0.1) is 12.7 Å². The molecule has 1 saturated carbocycles. The Morgan fingerprint density at radius 2 is 2.00 bits per heavy atom. The minimum absolute atomic E-state index is 0.259. The van der Waals surface area contributed by atoms with Crippen LogP contribution in [-0.2, 0) is 17.6 Å². The minimum atomic E-state index is -0.259. The molecule has 144 valence electrons. The van der Waals surface area contributed by atoms with E-state index in [9.17, 15) is 4.79 Å². The number of methoxy groups -OCH3 is 1. The van der Waals surface area contributed by atoms with E-state index in [1.54, 1.807) is 11.3 Å². The fraction of sp³-hybridized carbons (Fsp3) is 0.700. The van der Waals surface area contributed by atoms with E-state index in [1.807, 2.05) is 0 Å². The normalized spacial score (nSPS) is 25.3. The second-order valence-corrected chi connectivity index (χ2v) is 9.29. The summed E-state index contributed by atoms with van der Waals surface area (Å²) in [7, 11) is 1.45. The Balaban J connectivity index is 1.69. The third-order valence-electron chi connectivity index (χ3n) is 5.89. The topological polar surface area (TPSA) is 50.4 Å². The molecular formula is C20H30N2O2S2. The van der Waals surface area contributed by atoms with Gasteiger partial charge in [-0.25, -0.2) is 4.79 Å². The Hall–Kier alpha value is -1.14. The van der Waals surface area contributed by atoms with Gasteiger partial charge in [0, 0.05) is 10.9 Å². The molecule has 6 heteroatoms. The standard InChI is InChI=1S/C20H30N2O2S2/c1-4-13-6-8-14(9-7-13)21-20(25)22-18-17(19(23)24-3)15-10-5-12(2)11-16(15)26-18/h12-14H,4-11H2,1-3H3,(H2,21,22,25). The number of carbonyl (C=O) groups is 1. The van der Waals surface area contributed by atoms with Crippen LogP contribution in [0.1, 0.15) is 73.2 Å². The molecule has 0 aromatic carbocycles. The summed E-state index contributed by atoms with van der Waals surface area (Å²) in [6.45, 7) is 4.55. The Morgan fingerprint density at radius 1 is 1.27 bits per heavy atom. The van der Waals surface area contributed by atoms with E-state index in [1.165, 1.54) is 44.1 Å². The molecule has 1 fully saturated rings. The molecule has 3 rings (SSSR count). The molecule has 4 nitrogen and oxygen atoms in total. The monoisotopic (exact) mass is 394 g/mol. The smallest absolute Gasteiger partial charge is 0.341 e. The molecule has 26 heavy (non-hydrogen) atoms. The summed E-state index contributed by atoms with van der Waals surface area (Å²) in [5, 5.41) is 8.24. The summed E-state index contributed by atoms with van der Waals surface area (Å²) in [4.78, 5) is 13.7. The van der Waals surface area contributed by atoms with Crippen LogP contribution in [0.5, 0.6) is 0 Å². The lowest BCUT2D eigenvalue weighted by molar-refractivity contribution is 0.0601. The molecule has 2 aliphatic carbocycles. The van der Waals surface area contributed by atoms with Gasteiger partial charge < -0.3 is 15.4 Å². The van der Waals surface area contributed by atoms with Crippen LogP contribution in [0.15, 0.2) is 0 Å². The zero-order valence-corrected chi connectivity index (χ0v) is 17.7. The van der Waals surface area contributed by atoms with Crippen LogP contribution in [0.4, 0.5) is 5.00 Å². The van der Waals surface area contributed by atoms with Gasteiger partial charge in [0.25, 0.3) is 0 Å². The summed E-state index contributed by atoms with van der Waals surface area (Å²) < 4.78 is 5.05. The van der Waals surface area contributed by atoms with Crippen LogP contribution >= 0.6 is 23.6 Å². The van der Waals surface area contributed by atoms with Crippen molar-refractivity contribution in [3.63, 3.8) is 0 Å². The van der Waals surface area contributed by atoms with Gasteiger partial charge in [-0.15, -0.1) is 11.3 Å². The highest BCUT2D eigenvalue weighted by atomic mass is 32.1. The van der Waals surface area contributed by atoms with Crippen LogP contribution in [0.2, 0.25) is 0 Å². The molecule has 1 heterocycles. The number of fused-ring (bicyclic) bond motifs is 1. The minimum Gasteiger partial charge on any atom is -0.465 e. The van der Waals surface area contributed by atoms with Gasteiger partial charge >= 0.3 is 5.97 Å². The predicted molar refractivity (Wildman–Crippen MR) is 112 cm³/mol. The number of hydrogen-bond donors (Lipinski definition) is 2. The number of carbonyl (C=O) groups excluding carboxylic acids is 1. The van der Waals surface area contributed by atoms with Crippen LogP contribution in [0.3, 0.4) is 0 Å². The maximum atomic E-state index is 12.4. The first-order chi connectivity index (χ1) is 12.5. The van der Waals surface area contributed by atoms with Crippen molar-refractivity contribution in [1.29, 1.82) is 0 Å². The third kappa shape index (κ3) is 4.39. The molecule has 2 aliphatic rings. The lowest BCUT2D eigenvalue weighted by Crippen LogP contribution is -2.40. The highest BCUT2D eigenvalue weighted by molar-refractivity contribution is 7.80. The number of ether oxygens (including phenoxy) is 1. The van der Waals surface area contributed by atoms with Crippen molar-refractivity contribution in [3.05, 3.63) is 16.0 Å². The number of nitrogens with one attached hydrogen (secondary N) is 2. The van der Waals surface area contributed by atoms with Crippen molar-refractivity contribution in [1.82, 2.24) is 5.32 Å². The van der Waals surface area contributed by atoms with Crippen molar-refractivity contribution >= 4 is 39.6 Å². The molecule has 1 atom stereocenters. The van der Waals surface area contributed by atoms with E-state index in [0.29, 0.717) is 22.6 Å². The number of anilines is 1. The fourth-order valence-corrected chi connectivity index (χ4v) is 5.93. The first-order valence-corrected chi connectivity index (χ1v) is 11.0. The molecule has 1 unspecified atom stereocenters. The summed E-state index contributed by atoms with van der Waals surface area (Å²) >= 11 is 7.22. The number of thiocarbonyl (C=S) groups is 1. The summed E-state index contributed by atoms with van der Waals surface area (Å²) in [5.41, 5.74) is 1.85. The average Bonchev–Trinajstić information content (AvgIpc) is 2.98. The van der Waals surface area contributed by atoms with E-state index >= 15 is 0 Å². The highest BCUT2D eigenvalue weighted by Crippen LogP contribution is 2.40. The van der Waals surface area contributed by atoms with Gasteiger partial charge in [-0.3, -0.25) is 0 Å². The van der Waals surface area contributed by atoms with E-state index in [0.717, 1.165) is 35.7 Å². The largest absolute Gasteiger partial charge is 0.465 e. The van der Waals surface area contributed by atoms with Crippen molar-refractivity contribution in [2.45, 2.75) is 71.3 Å². The van der Waals surface area contributed by atoms with Gasteiger partial charge in [-0.2, -0.15) is 0 Å². The summed E-state index contributed by atoms with van der Waals surface area (Å²) in [6, 6.07) is 0.439. The summed E-state index contributed by atoms with van der Waals surface area (Å²) in [5.74, 6) is 1.27. The zero-order valence-electron chi connectivity index (χ0n) is 16.0. The molecule has 0 bridgehead atoms. The van der Waals surface area contributed by atoms with Gasteiger partial charge in [-0.1, -0.05) is 20.3 Å².